The number of rotatable bonds is 4. The number of ether oxygens (including phenoxy) is 1. The van der Waals surface area contributed by atoms with Crippen LogP contribution in [0.15, 0.2) is 28.9 Å². The molecule has 1 aliphatic heterocycles. The zero-order chi connectivity index (χ0) is 13.2. The first-order chi connectivity index (χ1) is 9.22. The molecule has 1 atom stereocenters. The smallest absolute Gasteiger partial charge is 0.123 e. The summed E-state index contributed by atoms with van der Waals surface area (Å²) < 4.78 is 10.6. The Morgan fingerprint density at radius 2 is 2.16 bits per heavy atom. The van der Waals surface area contributed by atoms with E-state index >= 15 is 0 Å². The second-order valence-corrected chi connectivity index (χ2v) is 5.04. The molecule has 1 aromatic heterocycles. The molecule has 1 aliphatic rings. The fourth-order valence-corrected chi connectivity index (χ4v) is 2.42. The Morgan fingerprint density at radius 3 is 2.89 bits per heavy atom. The Hall–Kier alpha value is -1.88. The van der Waals surface area contributed by atoms with Gasteiger partial charge in [-0.3, -0.25) is 4.90 Å². The van der Waals surface area contributed by atoms with Gasteiger partial charge in [-0.1, -0.05) is 28.5 Å². The number of para-hydroxylation sites is 1. The molecule has 19 heavy (non-hydrogen) atoms. The predicted molar refractivity (Wildman–Crippen MR) is 69.9 cm³/mol. The van der Waals surface area contributed by atoms with E-state index in [9.17, 15) is 0 Å². The monoisotopic (exact) mass is 259 g/mol. The summed E-state index contributed by atoms with van der Waals surface area (Å²) in [5, 5.41) is 7.69. The van der Waals surface area contributed by atoms with Crippen LogP contribution in [0.5, 0.6) is 5.75 Å². The number of hydrogen-bond donors (Lipinski definition) is 0. The lowest BCUT2D eigenvalue weighted by molar-refractivity contribution is 0.162. The van der Waals surface area contributed by atoms with E-state index in [1.54, 1.807) is 0 Å². The van der Waals surface area contributed by atoms with Gasteiger partial charge in [-0.05, 0) is 25.6 Å². The van der Waals surface area contributed by atoms with E-state index in [0.717, 1.165) is 36.6 Å². The van der Waals surface area contributed by atoms with Crippen molar-refractivity contribution in [2.75, 3.05) is 13.6 Å². The minimum atomic E-state index is 0.211. The van der Waals surface area contributed by atoms with E-state index in [0.29, 0.717) is 0 Å². The molecule has 0 radical (unpaired) electrons. The maximum atomic E-state index is 5.93. The molecule has 0 amide bonds. The molecule has 2 aromatic rings. The van der Waals surface area contributed by atoms with Crippen molar-refractivity contribution < 1.29 is 9.37 Å². The molecule has 2 heterocycles. The summed E-state index contributed by atoms with van der Waals surface area (Å²) in [6.45, 7) is 3.49. The molecule has 0 bridgehead atoms. The largest absolute Gasteiger partial charge is 0.488 e. The van der Waals surface area contributed by atoms with Gasteiger partial charge in [0, 0.05) is 19.5 Å². The van der Waals surface area contributed by atoms with Crippen molar-refractivity contribution in [2.45, 2.75) is 26.0 Å². The second kappa shape index (κ2) is 5.01. The van der Waals surface area contributed by atoms with Crippen LogP contribution in [-0.2, 0) is 13.0 Å². The number of likely N-dealkylation sites (N-methyl/N-ethyl adjacent to an activating group) is 1. The van der Waals surface area contributed by atoms with E-state index in [-0.39, 0.29) is 6.10 Å². The van der Waals surface area contributed by atoms with Crippen LogP contribution >= 0.6 is 0 Å². The fraction of sp³-hybridized carbons (Fsp3) is 0.429. The van der Waals surface area contributed by atoms with Gasteiger partial charge in [0.25, 0.3) is 0 Å². The first kappa shape index (κ1) is 12.2. The summed E-state index contributed by atoms with van der Waals surface area (Å²) in [4.78, 5) is 2.18. The molecule has 0 N–H and O–H groups in total. The highest BCUT2D eigenvalue weighted by Crippen LogP contribution is 2.28. The molecule has 5 nitrogen and oxygen atoms in total. The first-order valence-electron chi connectivity index (χ1n) is 6.43. The summed E-state index contributed by atoms with van der Waals surface area (Å²) in [6, 6.07) is 8.22. The quantitative estimate of drug-likeness (QED) is 0.838. The van der Waals surface area contributed by atoms with Crippen molar-refractivity contribution in [3.63, 3.8) is 0 Å². The molecular weight excluding hydrogens is 242 g/mol. The van der Waals surface area contributed by atoms with Crippen LogP contribution in [0.4, 0.5) is 0 Å². The van der Waals surface area contributed by atoms with Gasteiger partial charge < -0.3 is 4.74 Å². The third-order valence-corrected chi connectivity index (χ3v) is 3.40. The number of nitrogens with zero attached hydrogens (tertiary/aromatic N) is 3. The van der Waals surface area contributed by atoms with Crippen molar-refractivity contribution in [1.29, 1.82) is 0 Å². The van der Waals surface area contributed by atoms with Crippen molar-refractivity contribution in [3.8, 4) is 5.75 Å². The highest BCUT2D eigenvalue weighted by molar-refractivity contribution is 5.37. The summed E-state index contributed by atoms with van der Waals surface area (Å²) in [6.07, 6.45) is 1.18. The summed E-state index contributed by atoms with van der Waals surface area (Å²) >= 11 is 0. The van der Waals surface area contributed by atoms with E-state index < -0.39 is 0 Å². The average molecular weight is 259 g/mol. The van der Waals surface area contributed by atoms with Crippen molar-refractivity contribution in [1.82, 2.24) is 15.2 Å². The molecule has 5 heteroatoms. The van der Waals surface area contributed by atoms with Crippen LogP contribution in [0.3, 0.4) is 0 Å². The molecule has 0 unspecified atom stereocenters. The number of fused-ring (bicyclic) bond motifs is 1. The molecular formula is C14H17N3O2. The van der Waals surface area contributed by atoms with Gasteiger partial charge in [0.15, 0.2) is 0 Å². The lowest BCUT2D eigenvalue weighted by atomic mass is 10.1. The van der Waals surface area contributed by atoms with Crippen LogP contribution in [0.25, 0.3) is 0 Å². The molecule has 100 valence electrons. The third-order valence-electron chi connectivity index (χ3n) is 3.40. The SMILES string of the molecule is Cc1nonc1CN(C)C[C@H]1Cc2ccccc2O1. The van der Waals surface area contributed by atoms with Crippen molar-refractivity contribution in [2.24, 2.45) is 0 Å². The summed E-state index contributed by atoms with van der Waals surface area (Å²) in [7, 11) is 2.06. The third kappa shape index (κ3) is 2.61. The van der Waals surface area contributed by atoms with Gasteiger partial charge in [0.1, 0.15) is 23.2 Å². The zero-order valence-corrected chi connectivity index (χ0v) is 11.2. The van der Waals surface area contributed by atoms with Crippen molar-refractivity contribution in [3.05, 3.63) is 41.2 Å². The van der Waals surface area contributed by atoms with E-state index in [1.165, 1.54) is 5.56 Å². The maximum absolute atomic E-state index is 5.93. The normalized spacial score (nSPS) is 17.5. The van der Waals surface area contributed by atoms with Crippen LogP contribution in [0.1, 0.15) is 17.0 Å². The highest BCUT2D eigenvalue weighted by Gasteiger charge is 2.23. The lowest BCUT2D eigenvalue weighted by Gasteiger charge is -2.19. The van der Waals surface area contributed by atoms with Gasteiger partial charge in [-0.15, -0.1) is 0 Å². The highest BCUT2D eigenvalue weighted by atomic mass is 16.6. The van der Waals surface area contributed by atoms with Gasteiger partial charge >= 0.3 is 0 Å². The molecule has 0 saturated heterocycles. The maximum Gasteiger partial charge on any atom is 0.123 e. The van der Waals surface area contributed by atoms with Gasteiger partial charge in [-0.2, -0.15) is 0 Å². The topological polar surface area (TPSA) is 51.4 Å². The van der Waals surface area contributed by atoms with E-state index in [4.69, 9.17) is 9.37 Å². The molecule has 1 aromatic carbocycles. The minimum Gasteiger partial charge on any atom is -0.488 e. The van der Waals surface area contributed by atoms with E-state index in [2.05, 4.69) is 34.4 Å². The molecule has 0 saturated carbocycles. The van der Waals surface area contributed by atoms with Crippen LogP contribution in [-0.4, -0.2) is 34.9 Å². The Labute approximate surface area is 112 Å². The standard InChI is InChI=1S/C14H17N3O2/c1-10-13(16-19-15-10)9-17(2)8-12-7-11-5-3-4-6-14(11)18-12/h3-6,12H,7-9H2,1-2H3/t12-/m1/s1. The predicted octanol–water partition coefficient (Wildman–Crippen LogP) is 1.81. The Bertz CT molecular complexity index is 542. The summed E-state index contributed by atoms with van der Waals surface area (Å²) in [5.41, 5.74) is 3.03. The fourth-order valence-electron chi connectivity index (χ4n) is 2.42. The molecule has 0 fully saturated rings. The van der Waals surface area contributed by atoms with Crippen LogP contribution in [0, 0.1) is 6.92 Å². The first-order valence-corrected chi connectivity index (χ1v) is 6.43. The van der Waals surface area contributed by atoms with Gasteiger partial charge in [0.2, 0.25) is 0 Å². The number of aryl methyl sites for hydroxylation is 1. The average Bonchev–Trinajstić information content (AvgIpc) is 2.95. The number of hydrogen-bond acceptors (Lipinski definition) is 5. The van der Waals surface area contributed by atoms with Crippen LogP contribution in [0.2, 0.25) is 0 Å². The summed E-state index contributed by atoms with van der Waals surface area (Å²) in [5.74, 6) is 1.01. The Morgan fingerprint density at radius 1 is 1.32 bits per heavy atom. The van der Waals surface area contributed by atoms with E-state index in [1.807, 2.05) is 19.1 Å². The van der Waals surface area contributed by atoms with Gasteiger partial charge in [0.05, 0.1) is 0 Å². The lowest BCUT2D eigenvalue weighted by Crippen LogP contribution is -2.31. The molecule has 0 spiro atoms. The molecule has 0 aliphatic carbocycles. The Kier molecular flexibility index (Phi) is 3.21. The van der Waals surface area contributed by atoms with Crippen molar-refractivity contribution >= 4 is 0 Å². The van der Waals surface area contributed by atoms with Gasteiger partial charge in [-0.25, -0.2) is 4.63 Å². The minimum absolute atomic E-state index is 0.211. The van der Waals surface area contributed by atoms with Crippen LogP contribution < -0.4 is 4.74 Å². The Balaban J connectivity index is 1.57. The second-order valence-electron chi connectivity index (χ2n) is 5.04. The number of benzene rings is 1. The molecule has 3 rings (SSSR count). The number of aromatic nitrogens is 2. The zero-order valence-electron chi connectivity index (χ0n) is 11.2.